The molecular weight excluding hydrogens is 237 g/mol. The molecule has 1 fully saturated rings. The van der Waals surface area contributed by atoms with Gasteiger partial charge in [0.05, 0.1) is 0 Å². The van der Waals surface area contributed by atoms with E-state index < -0.39 is 11.5 Å². The highest BCUT2D eigenvalue weighted by atomic mass is 19.1. The number of ether oxygens (including phenoxy) is 1. The van der Waals surface area contributed by atoms with Crippen molar-refractivity contribution in [1.82, 2.24) is 5.32 Å². The number of carboxylic acids is 1. The monoisotopic (exact) mass is 253 g/mol. The summed E-state index contributed by atoms with van der Waals surface area (Å²) in [7, 11) is 0. The molecule has 2 rings (SSSR count). The zero-order valence-corrected chi connectivity index (χ0v) is 9.99. The number of rotatable bonds is 6. The smallest absolute Gasteiger partial charge is 0.323 e. The van der Waals surface area contributed by atoms with Gasteiger partial charge in [-0.05, 0) is 43.5 Å². The lowest BCUT2D eigenvalue weighted by Crippen LogP contribution is -2.57. The molecule has 0 bridgehead atoms. The summed E-state index contributed by atoms with van der Waals surface area (Å²) >= 11 is 0. The van der Waals surface area contributed by atoms with Gasteiger partial charge in [-0.2, -0.15) is 0 Å². The van der Waals surface area contributed by atoms with Gasteiger partial charge >= 0.3 is 5.97 Å². The van der Waals surface area contributed by atoms with Crippen LogP contribution in [0.25, 0.3) is 0 Å². The van der Waals surface area contributed by atoms with Crippen molar-refractivity contribution in [3.63, 3.8) is 0 Å². The summed E-state index contributed by atoms with van der Waals surface area (Å²) in [5, 5.41) is 12.1. The van der Waals surface area contributed by atoms with Crippen LogP contribution in [-0.2, 0) is 4.79 Å². The number of halogens is 1. The number of nitrogens with one attached hydrogen (secondary N) is 1. The predicted molar refractivity (Wildman–Crippen MR) is 64.1 cm³/mol. The van der Waals surface area contributed by atoms with Crippen LogP contribution in [-0.4, -0.2) is 29.8 Å². The molecule has 5 heteroatoms. The van der Waals surface area contributed by atoms with Gasteiger partial charge < -0.3 is 9.84 Å². The fourth-order valence-corrected chi connectivity index (χ4v) is 1.99. The Labute approximate surface area is 105 Å². The Morgan fingerprint density at radius 1 is 1.39 bits per heavy atom. The Bertz CT molecular complexity index is 415. The van der Waals surface area contributed by atoms with Gasteiger partial charge in [0.1, 0.15) is 23.7 Å². The summed E-state index contributed by atoms with van der Waals surface area (Å²) in [5.74, 6) is -0.522. The highest BCUT2D eigenvalue weighted by Crippen LogP contribution is 2.31. The molecule has 0 unspecified atom stereocenters. The maximum atomic E-state index is 12.6. The van der Waals surface area contributed by atoms with Crippen molar-refractivity contribution in [3.8, 4) is 5.75 Å². The Morgan fingerprint density at radius 3 is 2.56 bits per heavy atom. The van der Waals surface area contributed by atoms with Crippen LogP contribution in [0.2, 0.25) is 0 Å². The standard InChI is InChI=1S/C13H16FNO3/c14-10-2-4-11(5-3-10)18-9-8-15-13(12(16)17)6-1-7-13/h2-5,15H,1,6-9H2,(H,16,17). The summed E-state index contributed by atoms with van der Waals surface area (Å²) in [6, 6.07) is 5.75. The van der Waals surface area contributed by atoms with E-state index in [4.69, 9.17) is 9.84 Å². The van der Waals surface area contributed by atoms with Crippen LogP contribution in [0.5, 0.6) is 5.75 Å². The lowest BCUT2D eigenvalue weighted by molar-refractivity contribution is -0.148. The number of carboxylic acid groups (broad SMARTS) is 1. The molecule has 0 heterocycles. The molecule has 1 aromatic carbocycles. The number of hydrogen-bond donors (Lipinski definition) is 2. The maximum absolute atomic E-state index is 12.6. The van der Waals surface area contributed by atoms with Crippen LogP contribution >= 0.6 is 0 Å². The highest BCUT2D eigenvalue weighted by Gasteiger charge is 2.43. The van der Waals surface area contributed by atoms with Gasteiger partial charge in [0.2, 0.25) is 0 Å². The third-order valence-electron chi connectivity index (χ3n) is 3.26. The van der Waals surface area contributed by atoms with Crippen molar-refractivity contribution < 1.29 is 19.0 Å². The first kappa shape index (κ1) is 12.8. The van der Waals surface area contributed by atoms with E-state index in [1.54, 1.807) is 12.1 Å². The first-order chi connectivity index (χ1) is 8.62. The number of aliphatic carboxylic acids is 1. The van der Waals surface area contributed by atoms with Gasteiger partial charge in [-0.15, -0.1) is 0 Å². The van der Waals surface area contributed by atoms with Crippen molar-refractivity contribution in [2.45, 2.75) is 24.8 Å². The Hall–Kier alpha value is -1.62. The fraction of sp³-hybridized carbons (Fsp3) is 0.462. The van der Waals surface area contributed by atoms with E-state index in [9.17, 15) is 9.18 Å². The van der Waals surface area contributed by atoms with Crippen LogP contribution in [0.3, 0.4) is 0 Å². The van der Waals surface area contributed by atoms with Gasteiger partial charge in [0.25, 0.3) is 0 Å². The molecule has 1 aliphatic rings. The Kier molecular flexibility index (Phi) is 3.81. The molecule has 0 amide bonds. The Balaban J connectivity index is 1.73. The van der Waals surface area contributed by atoms with Crippen molar-refractivity contribution in [2.24, 2.45) is 0 Å². The Morgan fingerprint density at radius 2 is 2.06 bits per heavy atom. The zero-order valence-electron chi connectivity index (χ0n) is 9.99. The van der Waals surface area contributed by atoms with Gasteiger partial charge in [0.15, 0.2) is 0 Å². The molecule has 98 valence electrons. The second-order valence-corrected chi connectivity index (χ2v) is 4.47. The minimum atomic E-state index is -0.796. The van der Waals surface area contributed by atoms with Crippen LogP contribution in [0.4, 0.5) is 4.39 Å². The van der Waals surface area contributed by atoms with Crippen molar-refractivity contribution in [3.05, 3.63) is 30.1 Å². The molecule has 0 spiro atoms. The predicted octanol–water partition coefficient (Wildman–Crippen LogP) is 1.80. The van der Waals surface area contributed by atoms with Crippen LogP contribution in [0.15, 0.2) is 24.3 Å². The highest BCUT2D eigenvalue weighted by molar-refractivity contribution is 5.79. The van der Waals surface area contributed by atoms with Crippen molar-refractivity contribution >= 4 is 5.97 Å². The quantitative estimate of drug-likeness (QED) is 0.759. The van der Waals surface area contributed by atoms with Crippen LogP contribution in [0.1, 0.15) is 19.3 Å². The molecule has 0 aliphatic heterocycles. The van der Waals surface area contributed by atoms with Gasteiger partial charge in [-0.1, -0.05) is 0 Å². The molecule has 2 N–H and O–H groups in total. The van der Waals surface area contributed by atoms with Gasteiger partial charge in [-0.3, -0.25) is 10.1 Å². The molecule has 0 radical (unpaired) electrons. The summed E-state index contributed by atoms with van der Waals surface area (Å²) in [6.45, 7) is 0.824. The SMILES string of the molecule is O=C(O)C1(NCCOc2ccc(F)cc2)CCC1. The summed E-state index contributed by atoms with van der Waals surface area (Å²) in [6.07, 6.45) is 2.27. The molecule has 18 heavy (non-hydrogen) atoms. The molecule has 0 saturated heterocycles. The van der Waals surface area contributed by atoms with Gasteiger partial charge in [-0.25, -0.2) is 4.39 Å². The van der Waals surface area contributed by atoms with Crippen LogP contribution < -0.4 is 10.1 Å². The van der Waals surface area contributed by atoms with Crippen molar-refractivity contribution in [1.29, 1.82) is 0 Å². The van der Waals surface area contributed by atoms with Crippen LogP contribution in [0, 0.1) is 5.82 Å². The lowest BCUT2D eigenvalue weighted by Gasteiger charge is -2.38. The van der Waals surface area contributed by atoms with E-state index in [-0.39, 0.29) is 5.82 Å². The fourth-order valence-electron chi connectivity index (χ4n) is 1.99. The second-order valence-electron chi connectivity index (χ2n) is 4.47. The lowest BCUT2D eigenvalue weighted by atomic mass is 9.77. The van der Waals surface area contributed by atoms with E-state index in [0.29, 0.717) is 31.7 Å². The molecule has 1 aliphatic carbocycles. The summed E-state index contributed by atoms with van der Waals surface area (Å²) in [4.78, 5) is 11.1. The van der Waals surface area contributed by atoms with E-state index in [0.717, 1.165) is 6.42 Å². The largest absolute Gasteiger partial charge is 0.492 e. The summed E-state index contributed by atoms with van der Waals surface area (Å²) in [5.41, 5.74) is -0.758. The molecule has 0 aromatic heterocycles. The van der Waals surface area contributed by atoms with E-state index in [2.05, 4.69) is 5.32 Å². The molecule has 0 atom stereocenters. The third kappa shape index (κ3) is 2.79. The molecule has 1 saturated carbocycles. The van der Waals surface area contributed by atoms with E-state index in [1.165, 1.54) is 12.1 Å². The molecule has 4 nitrogen and oxygen atoms in total. The minimum absolute atomic E-state index is 0.306. The number of carbonyl (C=O) groups is 1. The van der Waals surface area contributed by atoms with Crippen molar-refractivity contribution in [2.75, 3.05) is 13.2 Å². The summed E-state index contributed by atoms with van der Waals surface area (Å²) < 4.78 is 18.0. The first-order valence-corrected chi connectivity index (χ1v) is 5.99. The zero-order chi connectivity index (χ0) is 13.0. The first-order valence-electron chi connectivity index (χ1n) is 5.99. The van der Waals surface area contributed by atoms with Gasteiger partial charge in [0, 0.05) is 6.54 Å². The molecule has 1 aromatic rings. The number of benzene rings is 1. The maximum Gasteiger partial charge on any atom is 0.323 e. The molecular formula is C13H16FNO3. The van der Waals surface area contributed by atoms with E-state index >= 15 is 0 Å². The normalized spacial score (nSPS) is 16.9. The number of hydrogen-bond acceptors (Lipinski definition) is 3. The third-order valence-corrected chi connectivity index (χ3v) is 3.26. The topological polar surface area (TPSA) is 58.6 Å². The average molecular weight is 253 g/mol. The second kappa shape index (κ2) is 5.35. The average Bonchev–Trinajstić information content (AvgIpc) is 2.29. The van der Waals surface area contributed by atoms with E-state index in [1.807, 2.05) is 0 Å². The minimum Gasteiger partial charge on any atom is -0.492 e.